The van der Waals surface area contributed by atoms with Crippen molar-refractivity contribution >= 4 is 39.1 Å². The Morgan fingerprint density at radius 1 is 1.21 bits per heavy atom. The van der Waals surface area contributed by atoms with Crippen molar-refractivity contribution in [1.82, 2.24) is 9.62 Å². The van der Waals surface area contributed by atoms with Gasteiger partial charge in [-0.05, 0) is 24.1 Å². The highest BCUT2D eigenvalue weighted by Gasteiger charge is 2.22. The second-order valence-electron chi connectivity index (χ2n) is 6.65. The van der Waals surface area contributed by atoms with E-state index >= 15 is 0 Å². The van der Waals surface area contributed by atoms with Gasteiger partial charge in [0.1, 0.15) is 0 Å². The number of amides is 1. The zero-order valence-electron chi connectivity index (χ0n) is 14.4. The van der Waals surface area contributed by atoms with Crippen molar-refractivity contribution in [2.75, 3.05) is 25.9 Å². The third-order valence-electron chi connectivity index (χ3n) is 3.44. The van der Waals surface area contributed by atoms with Gasteiger partial charge in [0.15, 0.2) is 0 Å². The molecule has 0 spiro atoms. The van der Waals surface area contributed by atoms with Gasteiger partial charge < -0.3 is 5.32 Å². The minimum Gasteiger partial charge on any atom is -0.354 e. The van der Waals surface area contributed by atoms with Crippen LogP contribution in [0, 0.1) is 5.41 Å². The van der Waals surface area contributed by atoms with E-state index in [1.165, 1.54) is 4.31 Å². The number of nitrogens with one attached hydrogen (secondary N) is 1. The van der Waals surface area contributed by atoms with E-state index < -0.39 is 15.4 Å². The van der Waals surface area contributed by atoms with E-state index in [2.05, 4.69) is 5.32 Å². The molecule has 1 aromatic carbocycles. The highest BCUT2D eigenvalue weighted by atomic mass is 35.5. The predicted octanol–water partition coefficient (Wildman–Crippen LogP) is 2.96. The third-order valence-corrected chi connectivity index (χ3v) is 5.33. The number of rotatable bonds is 7. The topological polar surface area (TPSA) is 66.5 Å². The number of nitrogens with zero attached hydrogens (tertiary/aromatic N) is 1. The van der Waals surface area contributed by atoms with Gasteiger partial charge in [-0.2, -0.15) is 0 Å². The van der Waals surface area contributed by atoms with E-state index in [-0.39, 0.29) is 25.5 Å². The van der Waals surface area contributed by atoms with Gasteiger partial charge in [0, 0.05) is 35.1 Å². The molecule has 8 heteroatoms. The Hall–Kier alpha value is -0.820. The molecular formula is C16H24Cl2N2O3S. The van der Waals surface area contributed by atoms with E-state index in [1.807, 2.05) is 0 Å². The number of carbonyl (C=O) groups excluding carboxylic acids is 1. The van der Waals surface area contributed by atoms with Crippen molar-refractivity contribution in [1.29, 1.82) is 0 Å². The molecule has 0 radical (unpaired) electrons. The zero-order valence-corrected chi connectivity index (χ0v) is 16.7. The Morgan fingerprint density at radius 2 is 1.83 bits per heavy atom. The summed E-state index contributed by atoms with van der Waals surface area (Å²) in [5.74, 6) is -0.114. The van der Waals surface area contributed by atoms with Crippen LogP contribution in [0.3, 0.4) is 0 Å². The highest BCUT2D eigenvalue weighted by molar-refractivity contribution is 7.88. The molecule has 136 valence electrons. The molecule has 0 bridgehead atoms. The standard InChI is InChI=1S/C16H24Cl2N2O3S/c1-16(2,3)15(21)19-8-10-20(24(4,22)23)9-7-12-5-6-13(17)11-14(12)18/h5-6,11H,7-10H2,1-4H3,(H,19,21). The number of hydrogen-bond acceptors (Lipinski definition) is 3. The molecule has 24 heavy (non-hydrogen) atoms. The molecule has 0 fully saturated rings. The molecular weight excluding hydrogens is 371 g/mol. The minimum atomic E-state index is -3.38. The Kier molecular flexibility index (Phi) is 7.53. The van der Waals surface area contributed by atoms with Gasteiger partial charge in [0.05, 0.1) is 6.26 Å². The molecule has 1 N–H and O–H groups in total. The van der Waals surface area contributed by atoms with Crippen LogP contribution in [-0.4, -0.2) is 44.5 Å². The van der Waals surface area contributed by atoms with Gasteiger partial charge in [-0.25, -0.2) is 12.7 Å². The maximum absolute atomic E-state index is 11.9. The first kappa shape index (κ1) is 21.2. The first-order chi connectivity index (χ1) is 10.9. The van der Waals surface area contributed by atoms with Crippen LogP contribution in [0.15, 0.2) is 18.2 Å². The summed E-state index contributed by atoms with van der Waals surface area (Å²) in [6.07, 6.45) is 1.62. The molecule has 0 atom stereocenters. The van der Waals surface area contributed by atoms with Crippen LogP contribution in [0.25, 0.3) is 0 Å². The lowest BCUT2D eigenvalue weighted by Gasteiger charge is -2.22. The summed E-state index contributed by atoms with van der Waals surface area (Å²) in [5, 5.41) is 3.80. The van der Waals surface area contributed by atoms with Crippen molar-refractivity contribution in [3.8, 4) is 0 Å². The average Bonchev–Trinajstić information content (AvgIpc) is 2.41. The quantitative estimate of drug-likeness (QED) is 0.772. The third kappa shape index (κ3) is 6.97. The monoisotopic (exact) mass is 394 g/mol. The molecule has 0 unspecified atom stereocenters. The van der Waals surface area contributed by atoms with Crippen LogP contribution in [-0.2, 0) is 21.2 Å². The van der Waals surface area contributed by atoms with E-state index in [0.717, 1.165) is 11.8 Å². The summed E-state index contributed by atoms with van der Waals surface area (Å²) in [6.45, 7) is 6.17. The molecule has 0 aliphatic rings. The Balaban J connectivity index is 2.65. The van der Waals surface area contributed by atoms with Crippen LogP contribution in [0.1, 0.15) is 26.3 Å². The molecule has 1 rings (SSSR count). The second-order valence-corrected chi connectivity index (χ2v) is 9.48. The fourth-order valence-electron chi connectivity index (χ4n) is 1.97. The molecule has 0 saturated heterocycles. The first-order valence-electron chi connectivity index (χ1n) is 7.58. The molecule has 1 aromatic rings. The van der Waals surface area contributed by atoms with E-state index in [9.17, 15) is 13.2 Å². The number of carbonyl (C=O) groups is 1. The van der Waals surface area contributed by atoms with Gasteiger partial charge in [-0.1, -0.05) is 50.0 Å². The summed E-state index contributed by atoms with van der Waals surface area (Å²) in [5.41, 5.74) is 0.320. The lowest BCUT2D eigenvalue weighted by molar-refractivity contribution is -0.128. The fraction of sp³-hybridized carbons (Fsp3) is 0.562. The number of halogens is 2. The van der Waals surface area contributed by atoms with E-state index in [4.69, 9.17) is 23.2 Å². The molecule has 5 nitrogen and oxygen atoms in total. The van der Waals surface area contributed by atoms with Crippen molar-refractivity contribution in [3.05, 3.63) is 33.8 Å². The number of hydrogen-bond donors (Lipinski definition) is 1. The SMILES string of the molecule is CC(C)(C)C(=O)NCCN(CCc1ccc(Cl)cc1Cl)S(C)(=O)=O. The number of benzene rings is 1. The van der Waals surface area contributed by atoms with Gasteiger partial charge in [-0.3, -0.25) is 4.79 Å². The van der Waals surface area contributed by atoms with E-state index in [0.29, 0.717) is 16.5 Å². The largest absolute Gasteiger partial charge is 0.354 e. The maximum Gasteiger partial charge on any atom is 0.225 e. The Bertz CT molecular complexity index is 685. The van der Waals surface area contributed by atoms with Crippen LogP contribution in [0.4, 0.5) is 0 Å². The minimum absolute atomic E-state index is 0.114. The summed E-state index contributed by atoms with van der Waals surface area (Å²) < 4.78 is 25.2. The smallest absolute Gasteiger partial charge is 0.225 e. The number of sulfonamides is 1. The average molecular weight is 395 g/mol. The van der Waals surface area contributed by atoms with Crippen molar-refractivity contribution in [2.45, 2.75) is 27.2 Å². The summed E-state index contributed by atoms with van der Waals surface area (Å²) in [4.78, 5) is 11.8. The Labute approximate surface area is 154 Å². The first-order valence-corrected chi connectivity index (χ1v) is 10.2. The van der Waals surface area contributed by atoms with Gasteiger partial charge in [0.25, 0.3) is 0 Å². The molecule has 0 aromatic heterocycles. The highest BCUT2D eigenvalue weighted by Crippen LogP contribution is 2.21. The predicted molar refractivity (Wildman–Crippen MR) is 99.0 cm³/mol. The van der Waals surface area contributed by atoms with E-state index in [1.54, 1.807) is 39.0 Å². The molecule has 0 saturated carbocycles. The van der Waals surface area contributed by atoms with Gasteiger partial charge in [0.2, 0.25) is 15.9 Å². The zero-order chi connectivity index (χ0) is 18.5. The van der Waals surface area contributed by atoms with Gasteiger partial charge in [-0.15, -0.1) is 0 Å². The molecule has 0 heterocycles. The van der Waals surface area contributed by atoms with Crippen molar-refractivity contribution in [2.24, 2.45) is 5.41 Å². The summed E-state index contributed by atoms with van der Waals surface area (Å²) in [6, 6.07) is 5.14. The van der Waals surface area contributed by atoms with Crippen LogP contribution in [0.2, 0.25) is 10.0 Å². The fourth-order valence-corrected chi connectivity index (χ4v) is 3.32. The normalized spacial score (nSPS) is 12.5. The van der Waals surface area contributed by atoms with Crippen LogP contribution >= 0.6 is 23.2 Å². The van der Waals surface area contributed by atoms with Crippen molar-refractivity contribution in [3.63, 3.8) is 0 Å². The van der Waals surface area contributed by atoms with Gasteiger partial charge >= 0.3 is 0 Å². The Morgan fingerprint density at radius 3 is 2.33 bits per heavy atom. The molecule has 0 aliphatic carbocycles. The van der Waals surface area contributed by atoms with Crippen LogP contribution in [0.5, 0.6) is 0 Å². The summed E-state index contributed by atoms with van der Waals surface area (Å²) in [7, 11) is -3.38. The summed E-state index contributed by atoms with van der Waals surface area (Å²) >= 11 is 12.0. The van der Waals surface area contributed by atoms with Crippen LogP contribution < -0.4 is 5.32 Å². The lowest BCUT2D eigenvalue weighted by atomic mass is 9.96. The second kappa shape index (κ2) is 8.52. The molecule has 0 aliphatic heterocycles. The lowest BCUT2D eigenvalue weighted by Crippen LogP contribution is -2.42. The molecule has 1 amide bonds. The van der Waals surface area contributed by atoms with Crippen molar-refractivity contribution < 1.29 is 13.2 Å². The maximum atomic E-state index is 11.9.